The SMILES string of the molecule is CNCc1ccc(NC(=O)c2coc(C)c2)cc1. The van der Waals surface area contributed by atoms with Crippen LogP contribution in [-0.4, -0.2) is 13.0 Å². The molecule has 4 nitrogen and oxygen atoms in total. The van der Waals surface area contributed by atoms with E-state index in [1.807, 2.05) is 38.2 Å². The van der Waals surface area contributed by atoms with E-state index in [2.05, 4.69) is 10.6 Å². The molecule has 0 aliphatic heterocycles. The Morgan fingerprint density at radius 3 is 2.56 bits per heavy atom. The van der Waals surface area contributed by atoms with Crippen LogP contribution in [0.15, 0.2) is 41.0 Å². The highest BCUT2D eigenvalue weighted by molar-refractivity contribution is 6.04. The molecule has 0 saturated heterocycles. The van der Waals surface area contributed by atoms with E-state index in [0.29, 0.717) is 5.56 Å². The van der Waals surface area contributed by atoms with E-state index in [4.69, 9.17) is 4.42 Å². The van der Waals surface area contributed by atoms with Gasteiger partial charge in [-0.2, -0.15) is 0 Å². The Morgan fingerprint density at radius 1 is 1.28 bits per heavy atom. The van der Waals surface area contributed by atoms with Crippen molar-refractivity contribution in [3.8, 4) is 0 Å². The lowest BCUT2D eigenvalue weighted by Gasteiger charge is -2.05. The van der Waals surface area contributed by atoms with Gasteiger partial charge in [-0.25, -0.2) is 0 Å². The van der Waals surface area contributed by atoms with Crippen molar-refractivity contribution in [3.05, 3.63) is 53.5 Å². The summed E-state index contributed by atoms with van der Waals surface area (Å²) in [5.41, 5.74) is 2.49. The summed E-state index contributed by atoms with van der Waals surface area (Å²) < 4.78 is 5.11. The Morgan fingerprint density at radius 2 is 2.00 bits per heavy atom. The van der Waals surface area contributed by atoms with Crippen molar-refractivity contribution in [2.24, 2.45) is 0 Å². The van der Waals surface area contributed by atoms with E-state index >= 15 is 0 Å². The van der Waals surface area contributed by atoms with Crippen LogP contribution in [0.1, 0.15) is 21.7 Å². The Bertz CT molecular complexity index is 529. The number of furan rings is 1. The number of carbonyl (C=O) groups excluding carboxylic acids is 1. The molecule has 0 unspecified atom stereocenters. The molecule has 0 atom stereocenters. The van der Waals surface area contributed by atoms with E-state index in [9.17, 15) is 4.79 Å². The molecule has 1 heterocycles. The molecule has 1 aromatic carbocycles. The maximum absolute atomic E-state index is 11.9. The van der Waals surface area contributed by atoms with E-state index in [1.165, 1.54) is 11.8 Å². The van der Waals surface area contributed by atoms with Crippen LogP contribution in [0.4, 0.5) is 5.69 Å². The van der Waals surface area contributed by atoms with Crippen LogP contribution < -0.4 is 10.6 Å². The molecular weight excluding hydrogens is 228 g/mol. The topological polar surface area (TPSA) is 54.3 Å². The minimum absolute atomic E-state index is 0.159. The second-order valence-electron chi connectivity index (χ2n) is 4.13. The van der Waals surface area contributed by atoms with Gasteiger partial charge in [0, 0.05) is 12.2 Å². The van der Waals surface area contributed by atoms with Crippen LogP contribution >= 0.6 is 0 Å². The highest BCUT2D eigenvalue weighted by Gasteiger charge is 2.08. The van der Waals surface area contributed by atoms with Crippen LogP contribution in [0.25, 0.3) is 0 Å². The minimum atomic E-state index is -0.159. The molecular formula is C14H16N2O2. The smallest absolute Gasteiger partial charge is 0.258 e. The van der Waals surface area contributed by atoms with Gasteiger partial charge in [0.05, 0.1) is 5.56 Å². The van der Waals surface area contributed by atoms with Gasteiger partial charge in [-0.05, 0) is 37.7 Å². The second-order valence-corrected chi connectivity index (χ2v) is 4.13. The summed E-state index contributed by atoms with van der Waals surface area (Å²) in [6.45, 7) is 2.62. The van der Waals surface area contributed by atoms with Crippen molar-refractivity contribution in [2.45, 2.75) is 13.5 Å². The maximum Gasteiger partial charge on any atom is 0.258 e. The number of benzene rings is 1. The summed E-state index contributed by atoms with van der Waals surface area (Å²) >= 11 is 0. The van der Waals surface area contributed by atoms with E-state index in [0.717, 1.165) is 18.0 Å². The number of aryl methyl sites for hydroxylation is 1. The normalized spacial score (nSPS) is 10.3. The highest BCUT2D eigenvalue weighted by atomic mass is 16.3. The number of hydrogen-bond donors (Lipinski definition) is 2. The predicted molar refractivity (Wildman–Crippen MR) is 70.6 cm³/mol. The van der Waals surface area contributed by atoms with Crippen LogP contribution in [0, 0.1) is 6.92 Å². The average Bonchev–Trinajstić information content (AvgIpc) is 2.79. The first-order valence-corrected chi connectivity index (χ1v) is 5.79. The number of hydrogen-bond acceptors (Lipinski definition) is 3. The Balaban J connectivity index is 2.03. The molecule has 1 amide bonds. The van der Waals surface area contributed by atoms with Gasteiger partial charge in [0.15, 0.2) is 0 Å². The lowest BCUT2D eigenvalue weighted by molar-refractivity contribution is 0.102. The fourth-order valence-electron chi connectivity index (χ4n) is 1.68. The minimum Gasteiger partial charge on any atom is -0.469 e. The van der Waals surface area contributed by atoms with Crippen molar-refractivity contribution in [1.82, 2.24) is 5.32 Å². The first-order valence-electron chi connectivity index (χ1n) is 5.79. The first kappa shape index (κ1) is 12.4. The number of rotatable bonds is 4. The van der Waals surface area contributed by atoms with Crippen molar-refractivity contribution in [1.29, 1.82) is 0 Å². The summed E-state index contributed by atoms with van der Waals surface area (Å²) in [4.78, 5) is 11.9. The predicted octanol–water partition coefficient (Wildman–Crippen LogP) is 2.56. The summed E-state index contributed by atoms with van der Waals surface area (Å²) in [6, 6.07) is 9.44. The quantitative estimate of drug-likeness (QED) is 0.869. The second kappa shape index (κ2) is 5.51. The monoisotopic (exact) mass is 244 g/mol. The zero-order chi connectivity index (χ0) is 13.0. The maximum atomic E-state index is 11.9. The number of carbonyl (C=O) groups is 1. The fourth-order valence-corrected chi connectivity index (χ4v) is 1.68. The lowest BCUT2D eigenvalue weighted by atomic mass is 10.2. The van der Waals surface area contributed by atoms with Crippen LogP contribution in [-0.2, 0) is 6.54 Å². The Hall–Kier alpha value is -2.07. The van der Waals surface area contributed by atoms with Gasteiger partial charge in [0.2, 0.25) is 0 Å². The van der Waals surface area contributed by atoms with Gasteiger partial charge < -0.3 is 15.1 Å². The molecule has 2 aromatic rings. The third kappa shape index (κ3) is 2.99. The summed E-state index contributed by atoms with van der Waals surface area (Å²) in [6.07, 6.45) is 1.46. The molecule has 1 aromatic heterocycles. The Labute approximate surface area is 106 Å². The lowest BCUT2D eigenvalue weighted by Crippen LogP contribution is -2.11. The number of nitrogens with one attached hydrogen (secondary N) is 2. The molecule has 0 aliphatic rings. The van der Waals surface area contributed by atoms with Gasteiger partial charge in [0.25, 0.3) is 5.91 Å². The zero-order valence-electron chi connectivity index (χ0n) is 10.5. The van der Waals surface area contributed by atoms with E-state index < -0.39 is 0 Å². The summed E-state index contributed by atoms with van der Waals surface area (Å²) in [5.74, 6) is 0.567. The largest absolute Gasteiger partial charge is 0.469 e. The first-order chi connectivity index (χ1) is 8.69. The summed E-state index contributed by atoms with van der Waals surface area (Å²) in [5, 5.41) is 5.89. The Kier molecular flexibility index (Phi) is 3.79. The van der Waals surface area contributed by atoms with Gasteiger partial charge in [0.1, 0.15) is 12.0 Å². The average molecular weight is 244 g/mol. The van der Waals surface area contributed by atoms with Gasteiger partial charge in [-0.15, -0.1) is 0 Å². The van der Waals surface area contributed by atoms with Crippen molar-refractivity contribution in [3.63, 3.8) is 0 Å². The number of amides is 1. The molecule has 2 rings (SSSR count). The molecule has 4 heteroatoms. The molecule has 0 bridgehead atoms. The van der Waals surface area contributed by atoms with Crippen LogP contribution in [0.3, 0.4) is 0 Å². The zero-order valence-corrected chi connectivity index (χ0v) is 10.5. The molecule has 0 saturated carbocycles. The molecule has 2 N–H and O–H groups in total. The van der Waals surface area contributed by atoms with Gasteiger partial charge in [-0.1, -0.05) is 12.1 Å². The molecule has 0 radical (unpaired) electrons. The van der Waals surface area contributed by atoms with Gasteiger partial charge in [-0.3, -0.25) is 4.79 Å². The molecule has 18 heavy (non-hydrogen) atoms. The van der Waals surface area contributed by atoms with E-state index in [-0.39, 0.29) is 5.91 Å². The highest BCUT2D eigenvalue weighted by Crippen LogP contribution is 2.12. The van der Waals surface area contributed by atoms with Crippen molar-refractivity contribution in [2.75, 3.05) is 12.4 Å². The van der Waals surface area contributed by atoms with Crippen LogP contribution in [0.5, 0.6) is 0 Å². The van der Waals surface area contributed by atoms with Crippen molar-refractivity contribution < 1.29 is 9.21 Å². The van der Waals surface area contributed by atoms with Crippen LogP contribution in [0.2, 0.25) is 0 Å². The standard InChI is InChI=1S/C14H16N2O2/c1-10-7-12(9-18-10)14(17)16-13-5-3-11(4-6-13)8-15-2/h3-7,9,15H,8H2,1-2H3,(H,16,17). The third-order valence-electron chi connectivity index (χ3n) is 2.59. The molecule has 0 aliphatic carbocycles. The molecule has 0 spiro atoms. The van der Waals surface area contributed by atoms with Crippen molar-refractivity contribution >= 4 is 11.6 Å². The molecule has 0 fully saturated rings. The van der Waals surface area contributed by atoms with E-state index in [1.54, 1.807) is 6.07 Å². The molecule has 94 valence electrons. The van der Waals surface area contributed by atoms with Gasteiger partial charge >= 0.3 is 0 Å². The fraction of sp³-hybridized carbons (Fsp3) is 0.214. The third-order valence-corrected chi connectivity index (χ3v) is 2.59. The summed E-state index contributed by atoms with van der Waals surface area (Å²) in [7, 11) is 1.90. The number of anilines is 1.